The van der Waals surface area contributed by atoms with E-state index in [-0.39, 0.29) is 0 Å². The summed E-state index contributed by atoms with van der Waals surface area (Å²) in [6.45, 7) is 8.53. The van der Waals surface area contributed by atoms with Gasteiger partial charge in [-0.2, -0.15) is 0 Å². The summed E-state index contributed by atoms with van der Waals surface area (Å²) in [7, 11) is 3.46. The van der Waals surface area contributed by atoms with Gasteiger partial charge in [0, 0.05) is 11.1 Å². The van der Waals surface area contributed by atoms with Gasteiger partial charge < -0.3 is 9.47 Å². The average molecular weight is 346 g/mol. The van der Waals surface area contributed by atoms with Gasteiger partial charge in [-0.05, 0) is 73.2 Å². The normalized spacial score (nSPS) is 10.7. The Balaban J connectivity index is 2.32. The van der Waals surface area contributed by atoms with Gasteiger partial charge in [0.1, 0.15) is 11.5 Å². The topological polar surface area (TPSA) is 18.5 Å². The summed E-state index contributed by atoms with van der Waals surface area (Å²) in [4.78, 5) is 0. The van der Waals surface area contributed by atoms with Crippen LogP contribution in [0.4, 0.5) is 0 Å². The van der Waals surface area contributed by atoms with Gasteiger partial charge in [0.25, 0.3) is 0 Å². The predicted molar refractivity (Wildman–Crippen MR) is 109 cm³/mol. The molecule has 3 aromatic rings. The van der Waals surface area contributed by atoms with E-state index in [1.54, 1.807) is 14.2 Å². The second-order valence-electron chi connectivity index (χ2n) is 6.79. The van der Waals surface area contributed by atoms with Crippen molar-refractivity contribution in [2.24, 2.45) is 0 Å². The number of benzene rings is 3. The molecule has 0 aliphatic carbocycles. The lowest BCUT2D eigenvalue weighted by atomic mass is 9.90. The molecule has 0 spiro atoms. The lowest BCUT2D eigenvalue weighted by Gasteiger charge is -2.19. The molecule has 0 unspecified atom stereocenters. The molecule has 2 heteroatoms. The Morgan fingerprint density at radius 1 is 0.538 bits per heavy atom. The molecule has 0 radical (unpaired) electrons. The number of rotatable bonds is 4. The van der Waals surface area contributed by atoms with Crippen molar-refractivity contribution < 1.29 is 9.47 Å². The highest BCUT2D eigenvalue weighted by molar-refractivity contribution is 5.85. The van der Waals surface area contributed by atoms with Crippen LogP contribution in [0.25, 0.3) is 22.3 Å². The van der Waals surface area contributed by atoms with E-state index in [0.29, 0.717) is 0 Å². The van der Waals surface area contributed by atoms with E-state index in [1.165, 1.54) is 33.4 Å². The van der Waals surface area contributed by atoms with Crippen LogP contribution >= 0.6 is 0 Å². The molecule has 0 bridgehead atoms. The van der Waals surface area contributed by atoms with Crippen LogP contribution in [0.15, 0.2) is 48.5 Å². The predicted octanol–water partition coefficient (Wildman–Crippen LogP) is 6.27. The molecule has 2 nitrogen and oxygen atoms in total. The van der Waals surface area contributed by atoms with Crippen molar-refractivity contribution in [3.05, 3.63) is 70.8 Å². The van der Waals surface area contributed by atoms with E-state index in [0.717, 1.165) is 22.6 Å². The van der Waals surface area contributed by atoms with Crippen LogP contribution in [-0.2, 0) is 0 Å². The fraction of sp³-hybridized carbons (Fsp3) is 0.250. The molecule has 134 valence electrons. The number of methoxy groups -OCH3 is 2. The van der Waals surface area contributed by atoms with Crippen molar-refractivity contribution in [3.63, 3.8) is 0 Å². The third kappa shape index (κ3) is 3.08. The number of hydrogen-bond donors (Lipinski definition) is 0. The zero-order chi connectivity index (χ0) is 18.8. The Kier molecular flexibility index (Phi) is 5.03. The van der Waals surface area contributed by atoms with Gasteiger partial charge in [-0.3, -0.25) is 0 Å². The van der Waals surface area contributed by atoms with E-state index in [2.05, 4.69) is 76.2 Å². The molecule has 3 aromatic carbocycles. The maximum absolute atomic E-state index is 5.80. The van der Waals surface area contributed by atoms with Gasteiger partial charge in [-0.1, -0.05) is 36.4 Å². The summed E-state index contributed by atoms with van der Waals surface area (Å²) in [5.41, 5.74) is 9.45. The lowest BCUT2D eigenvalue weighted by Crippen LogP contribution is -1.98. The first-order valence-corrected chi connectivity index (χ1v) is 8.87. The van der Waals surface area contributed by atoms with Gasteiger partial charge >= 0.3 is 0 Å². The molecule has 0 aliphatic heterocycles. The lowest BCUT2D eigenvalue weighted by molar-refractivity contribution is 0.406. The fourth-order valence-corrected chi connectivity index (χ4v) is 3.77. The zero-order valence-electron chi connectivity index (χ0n) is 16.4. The van der Waals surface area contributed by atoms with Crippen molar-refractivity contribution in [2.45, 2.75) is 27.7 Å². The van der Waals surface area contributed by atoms with Gasteiger partial charge in [-0.25, -0.2) is 0 Å². The highest BCUT2D eigenvalue weighted by Gasteiger charge is 2.18. The van der Waals surface area contributed by atoms with Gasteiger partial charge in [0.2, 0.25) is 0 Å². The number of aryl methyl sites for hydroxylation is 4. The highest BCUT2D eigenvalue weighted by Crippen LogP contribution is 2.44. The molecular formula is C24H26O2. The Morgan fingerprint density at radius 2 is 0.846 bits per heavy atom. The first-order valence-electron chi connectivity index (χ1n) is 8.87. The van der Waals surface area contributed by atoms with E-state index in [1.807, 2.05) is 0 Å². The van der Waals surface area contributed by atoms with Crippen molar-refractivity contribution >= 4 is 0 Å². The molecule has 0 heterocycles. The Morgan fingerprint density at radius 3 is 1.12 bits per heavy atom. The minimum Gasteiger partial charge on any atom is -0.496 e. The summed E-state index contributed by atoms with van der Waals surface area (Å²) < 4.78 is 11.6. The first-order chi connectivity index (χ1) is 12.5. The first kappa shape index (κ1) is 18.1. The van der Waals surface area contributed by atoms with Crippen molar-refractivity contribution in [3.8, 4) is 33.8 Å². The van der Waals surface area contributed by atoms with Crippen molar-refractivity contribution in [1.29, 1.82) is 0 Å². The summed E-state index contributed by atoms with van der Waals surface area (Å²) >= 11 is 0. The molecule has 26 heavy (non-hydrogen) atoms. The van der Waals surface area contributed by atoms with Crippen LogP contribution in [0.5, 0.6) is 11.5 Å². The zero-order valence-corrected chi connectivity index (χ0v) is 16.4. The summed E-state index contributed by atoms with van der Waals surface area (Å²) in [6, 6.07) is 16.9. The highest BCUT2D eigenvalue weighted by atomic mass is 16.5. The maximum Gasteiger partial charge on any atom is 0.127 e. The monoisotopic (exact) mass is 346 g/mol. The third-order valence-corrected chi connectivity index (χ3v) is 5.02. The van der Waals surface area contributed by atoms with Crippen LogP contribution < -0.4 is 9.47 Å². The van der Waals surface area contributed by atoms with Crippen LogP contribution in [-0.4, -0.2) is 14.2 Å². The second-order valence-corrected chi connectivity index (χ2v) is 6.79. The second kappa shape index (κ2) is 7.25. The smallest absolute Gasteiger partial charge is 0.127 e. The SMILES string of the molecule is COc1cc(-c2c(C)cccc2C)c(OC)cc1-c1c(C)cccc1C. The van der Waals surface area contributed by atoms with Gasteiger partial charge in [-0.15, -0.1) is 0 Å². The largest absolute Gasteiger partial charge is 0.496 e. The molecule has 0 fully saturated rings. The molecule has 0 saturated carbocycles. The van der Waals surface area contributed by atoms with Crippen molar-refractivity contribution in [2.75, 3.05) is 14.2 Å². The van der Waals surface area contributed by atoms with E-state index in [9.17, 15) is 0 Å². The Hall–Kier alpha value is -2.74. The molecule has 0 aliphatic rings. The van der Waals surface area contributed by atoms with Crippen molar-refractivity contribution in [1.82, 2.24) is 0 Å². The molecule has 0 amide bonds. The third-order valence-electron chi connectivity index (χ3n) is 5.02. The van der Waals surface area contributed by atoms with Gasteiger partial charge in [0.15, 0.2) is 0 Å². The summed E-state index contributed by atoms with van der Waals surface area (Å²) in [5, 5.41) is 0. The van der Waals surface area contributed by atoms with Crippen LogP contribution in [0.3, 0.4) is 0 Å². The summed E-state index contributed by atoms with van der Waals surface area (Å²) in [6.07, 6.45) is 0. The summed E-state index contributed by atoms with van der Waals surface area (Å²) in [5.74, 6) is 1.72. The van der Waals surface area contributed by atoms with Crippen LogP contribution in [0.1, 0.15) is 22.3 Å². The minimum absolute atomic E-state index is 0.862. The number of ether oxygens (including phenoxy) is 2. The Bertz CT molecular complexity index is 835. The van der Waals surface area contributed by atoms with E-state index >= 15 is 0 Å². The number of hydrogen-bond acceptors (Lipinski definition) is 2. The maximum atomic E-state index is 5.80. The molecule has 0 aromatic heterocycles. The quantitative estimate of drug-likeness (QED) is 0.554. The molecular weight excluding hydrogens is 320 g/mol. The van der Waals surface area contributed by atoms with Gasteiger partial charge in [0.05, 0.1) is 14.2 Å². The molecule has 0 atom stereocenters. The Labute approximate surface area is 156 Å². The minimum atomic E-state index is 0.862. The van der Waals surface area contributed by atoms with E-state index < -0.39 is 0 Å². The van der Waals surface area contributed by atoms with Crippen LogP contribution in [0, 0.1) is 27.7 Å². The fourth-order valence-electron chi connectivity index (χ4n) is 3.77. The molecule has 0 N–H and O–H groups in total. The van der Waals surface area contributed by atoms with E-state index in [4.69, 9.17) is 9.47 Å². The average Bonchev–Trinajstić information content (AvgIpc) is 2.61. The standard InChI is InChI=1S/C24H26O2/c1-15-9-7-10-16(2)23(15)19-13-22(26-6)20(14-21(19)25-5)24-17(3)11-8-12-18(24)4/h7-14H,1-6H3. The molecule has 3 rings (SSSR count). The molecule has 0 saturated heterocycles. The van der Waals surface area contributed by atoms with Crippen LogP contribution in [0.2, 0.25) is 0 Å².